The average molecular weight is 264 g/mol. The number of anilines is 1. The van der Waals surface area contributed by atoms with Crippen LogP contribution in [0.15, 0.2) is 24.3 Å². The minimum Gasteiger partial charge on any atom is -0.378 e. The standard InChI is InChI=1S/C14H22N2O.C2H6/c1-2-7-15-12-13-5-3-4-6-14(13)16-8-10-17-11-9-16;1-2/h3-6,15H,2,7-12H2,1H3;1-2H3. The fourth-order valence-corrected chi connectivity index (χ4v) is 2.17. The van der Waals surface area contributed by atoms with Gasteiger partial charge in [0.05, 0.1) is 13.2 Å². The Morgan fingerprint density at radius 3 is 2.53 bits per heavy atom. The van der Waals surface area contributed by atoms with Crippen molar-refractivity contribution in [3.8, 4) is 0 Å². The van der Waals surface area contributed by atoms with Crippen molar-refractivity contribution < 1.29 is 4.74 Å². The van der Waals surface area contributed by atoms with Crippen molar-refractivity contribution in [2.24, 2.45) is 0 Å². The molecule has 19 heavy (non-hydrogen) atoms. The molecule has 1 heterocycles. The van der Waals surface area contributed by atoms with E-state index in [0.717, 1.165) is 39.4 Å². The molecule has 1 aromatic carbocycles. The van der Waals surface area contributed by atoms with Crippen molar-refractivity contribution in [1.29, 1.82) is 0 Å². The van der Waals surface area contributed by atoms with Crippen LogP contribution in [0.1, 0.15) is 32.8 Å². The Balaban J connectivity index is 0.000000861. The third-order valence-corrected chi connectivity index (χ3v) is 3.09. The number of hydrogen-bond donors (Lipinski definition) is 1. The molecule has 1 aliphatic rings. The molecule has 1 aliphatic heterocycles. The van der Waals surface area contributed by atoms with E-state index in [0.29, 0.717) is 0 Å². The van der Waals surface area contributed by atoms with Crippen LogP contribution in [0.4, 0.5) is 5.69 Å². The summed E-state index contributed by atoms with van der Waals surface area (Å²) in [6.07, 6.45) is 1.18. The van der Waals surface area contributed by atoms with Gasteiger partial charge in [0.2, 0.25) is 0 Å². The van der Waals surface area contributed by atoms with Crippen LogP contribution in [0.2, 0.25) is 0 Å². The summed E-state index contributed by atoms with van der Waals surface area (Å²) in [4.78, 5) is 2.42. The first-order valence-electron chi connectivity index (χ1n) is 7.53. The van der Waals surface area contributed by atoms with Gasteiger partial charge in [-0.1, -0.05) is 39.0 Å². The second-order valence-electron chi connectivity index (χ2n) is 4.40. The molecule has 0 unspecified atom stereocenters. The topological polar surface area (TPSA) is 24.5 Å². The fraction of sp³-hybridized carbons (Fsp3) is 0.625. The number of nitrogens with one attached hydrogen (secondary N) is 1. The summed E-state index contributed by atoms with van der Waals surface area (Å²) in [6, 6.07) is 8.67. The monoisotopic (exact) mass is 264 g/mol. The number of rotatable bonds is 5. The quantitative estimate of drug-likeness (QED) is 0.827. The van der Waals surface area contributed by atoms with E-state index in [4.69, 9.17) is 4.74 Å². The molecule has 0 spiro atoms. The first-order chi connectivity index (χ1) is 9.42. The minimum atomic E-state index is 0.844. The highest BCUT2D eigenvalue weighted by atomic mass is 16.5. The van der Waals surface area contributed by atoms with Gasteiger partial charge in [-0.15, -0.1) is 0 Å². The third-order valence-electron chi connectivity index (χ3n) is 3.09. The van der Waals surface area contributed by atoms with Crippen LogP contribution in [-0.4, -0.2) is 32.8 Å². The molecular formula is C16H28N2O. The van der Waals surface area contributed by atoms with Gasteiger partial charge >= 0.3 is 0 Å². The maximum absolute atomic E-state index is 5.40. The summed E-state index contributed by atoms with van der Waals surface area (Å²) in [6.45, 7) is 11.9. The first-order valence-corrected chi connectivity index (χ1v) is 7.53. The molecule has 1 saturated heterocycles. The van der Waals surface area contributed by atoms with Crippen LogP contribution >= 0.6 is 0 Å². The molecule has 0 aromatic heterocycles. The van der Waals surface area contributed by atoms with Crippen LogP contribution in [0.5, 0.6) is 0 Å². The molecule has 0 amide bonds. The van der Waals surface area contributed by atoms with Gasteiger partial charge in [-0.2, -0.15) is 0 Å². The summed E-state index contributed by atoms with van der Waals surface area (Å²) in [5.74, 6) is 0. The van der Waals surface area contributed by atoms with Gasteiger partial charge in [0.15, 0.2) is 0 Å². The lowest BCUT2D eigenvalue weighted by atomic mass is 10.1. The molecule has 1 aromatic rings. The van der Waals surface area contributed by atoms with E-state index in [1.807, 2.05) is 13.8 Å². The first kappa shape index (κ1) is 16.0. The second kappa shape index (κ2) is 9.82. The minimum absolute atomic E-state index is 0.844. The van der Waals surface area contributed by atoms with Crippen molar-refractivity contribution in [3.05, 3.63) is 29.8 Å². The number of nitrogens with zero attached hydrogens (tertiary/aromatic N) is 1. The van der Waals surface area contributed by atoms with Crippen molar-refractivity contribution in [3.63, 3.8) is 0 Å². The lowest BCUT2D eigenvalue weighted by molar-refractivity contribution is 0.122. The lowest BCUT2D eigenvalue weighted by Gasteiger charge is -2.30. The fourth-order valence-electron chi connectivity index (χ4n) is 2.17. The summed E-state index contributed by atoms with van der Waals surface area (Å²) in [5, 5.41) is 3.47. The van der Waals surface area contributed by atoms with Crippen LogP contribution < -0.4 is 10.2 Å². The molecular weight excluding hydrogens is 236 g/mol. The SMILES string of the molecule is CC.CCCNCc1ccccc1N1CCOCC1. The van der Waals surface area contributed by atoms with Crippen LogP contribution in [0.25, 0.3) is 0 Å². The van der Waals surface area contributed by atoms with Gasteiger partial charge in [-0.25, -0.2) is 0 Å². The summed E-state index contributed by atoms with van der Waals surface area (Å²) in [5.41, 5.74) is 2.75. The lowest BCUT2D eigenvalue weighted by Crippen LogP contribution is -2.37. The molecule has 0 radical (unpaired) electrons. The maximum Gasteiger partial charge on any atom is 0.0642 e. The number of morpholine rings is 1. The van der Waals surface area contributed by atoms with Crippen molar-refractivity contribution in [2.45, 2.75) is 33.7 Å². The molecule has 108 valence electrons. The van der Waals surface area contributed by atoms with E-state index >= 15 is 0 Å². The summed E-state index contributed by atoms with van der Waals surface area (Å²) < 4.78 is 5.40. The zero-order valence-corrected chi connectivity index (χ0v) is 12.6. The van der Waals surface area contributed by atoms with E-state index in [-0.39, 0.29) is 0 Å². The molecule has 0 atom stereocenters. The highest BCUT2D eigenvalue weighted by molar-refractivity contribution is 5.53. The second-order valence-corrected chi connectivity index (χ2v) is 4.40. The van der Waals surface area contributed by atoms with E-state index < -0.39 is 0 Å². The summed E-state index contributed by atoms with van der Waals surface area (Å²) in [7, 11) is 0. The predicted octanol–water partition coefficient (Wildman–Crippen LogP) is 3.05. The number of para-hydroxylation sites is 1. The average Bonchev–Trinajstić information content (AvgIpc) is 2.51. The Bertz CT molecular complexity index is 335. The van der Waals surface area contributed by atoms with Crippen molar-refractivity contribution in [2.75, 3.05) is 37.7 Å². The Kier molecular flexibility index (Phi) is 8.26. The van der Waals surface area contributed by atoms with E-state index in [1.54, 1.807) is 0 Å². The van der Waals surface area contributed by atoms with Gasteiger partial charge in [-0.3, -0.25) is 0 Å². The Hall–Kier alpha value is -1.06. The van der Waals surface area contributed by atoms with Gasteiger partial charge in [0, 0.05) is 25.3 Å². The maximum atomic E-state index is 5.40. The van der Waals surface area contributed by atoms with Crippen LogP contribution in [0.3, 0.4) is 0 Å². The predicted molar refractivity (Wildman–Crippen MR) is 82.8 cm³/mol. The highest BCUT2D eigenvalue weighted by Crippen LogP contribution is 2.21. The van der Waals surface area contributed by atoms with Crippen LogP contribution in [0, 0.1) is 0 Å². The number of hydrogen-bond acceptors (Lipinski definition) is 3. The van der Waals surface area contributed by atoms with Crippen LogP contribution in [-0.2, 0) is 11.3 Å². The third kappa shape index (κ3) is 5.21. The zero-order chi connectivity index (χ0) is 13.9. The summed E-state index contributed by atoms with van der Waals surface area (Å²) >= 11 is 0. The highest BCUT2D eigenvalue weighted by Gasteiger charge is 2.13. The largest absolute Gasteiger partial charge is 0.378 e. The molecule has 2 rings (SSSR count). The Morgan fingerprint density at radius 2 is 1.84 bits per heavy atom. The molecule has 3 heteroatoms. The Labute approximate surface area is 118 Å². The number of ether oxygens (including phenoxy) is 1. The molecule has 0 saturated carbocycles. The molecule has 1 fully saturated rings. The molecule has 0 bridgehead atoms. The normalized spacial score (nSPS) is 14.8. The van der Waals surface area contributed by atoms with Gasteiger partial charge in [-0.05, 0) is 24.6 Å². The van der Waals surface area contributed by atoms with Crippen molar-refractivity contribution >= 4 is 5.69 Å². The molecule has 0 aliphatic carbocycles. The smallest absolute Gasteiger partial charge is 0.0642 e. The van der Waals surface area contributed by atoms with Gasteiger partial charge in [0.1, 0.15) is 0 Å². The van der Waals surface area contributed by atoms with Crippen molar-refractivity contribution in [1.82, 2.24) is 5.32 Å². The number of benzene rings is 1. The van der Waals surface area contributed by atoms with E-state index in [1.165, 1.54) is 17.7 Å². The van der Waals surface area contributed by atoms with Gasteiger partial charge in [0.25, 0.3) is 0 Å². The molecule has 3 nitrogen and oxygen atoms in total. The Morgan fingerprint density at radius 1 is 1.16 bits per heavy atom. The van der Waals surface area contributed by atoms with E-state index in [9.17, 15) is 0 Å². The van der Waals surface area contributed by atoms with E-state index in [2.05, 4.69) is 41.4 Å². The van der Waals surface area contributed by atoms with Gasteiger partial charge < -0.3 is 15.0 Å². The zero-order valence-electron chi connectivity index (χ0n) is 12.6. The molecule has 1 N–H and O–H groups in total.